The second-order valence-electron chi connectivity index (χ2n) is 5.96. The fourth-order valence-corrected chi connectivity index (χ4v) is 3.68. The number of aryl methyl sites for hydroxylation is 1. The third-order valence-corrected chi connectivity index (χ3v) is 5.48. The number of fused-ring (bicyclic) bond motifs is 1. The molecule has 1 aliphatic rings. The Hall–Kier alpha value is -1.89. The molecule has 1 N–H and O–H groups in total. The lowest BCUT2D eigenvalue weighted by Crippen LogP contribution is -2.38. The molecular weight excluding hydrogens is 310 g/mol. The molecule has 3 rings (SSSR count). The van der Waals surface area contributed by atoms with Crippen LogP contribution in [0.4, 0.5) is 4.79 Å². The summed E-state index contributed by atoms with van der Waals surface area (Å²) in [5.74, 6) is 1.90. The zero-order valence-corrected chi connectivity index (χ0v) is 14.5. The third-order valence-electron chi connectivity index (χ3n) is 4.44. The number of nitrogens with one attached hydrogen (secondary N) is 1. The zero-order chi connectivity index (χ0) is 16.2. The number of nitrogens with zero attached hydrogens (tertiary/aromatic N) is 4. The first-order chi connectivity index (χ1) is 11.2. The van der Waals surface area contributed by atoms with E-state index in [9.17, 15) is 4.79 Å². The summed E-state index contributed by atoms with van der Waals surface area (Å²) in [4.78, 5) is 15.3. The van der Waals surface area contributed by atoms with E-state index in [0.717, 1.165) is 31.0 Å². The van der Waals surface area contributed by atoms with Crippen molar-refractivity contribution in [3.05, 3.63) is 34.0 Å². The molecule has 23 heavy (non-hydrogen) atoms. The number of carbonyl (C=O) groups excluding carboxylic acids is 1. The normalized spacial score (nSPS) is 15.6. The average Bonchev–Trinajstić information content (AvgIpc) is 3.16. The SMILES string of the molecule is CC(c1cccs1)N(C)C(=O)NCc1nnc2n1CCCCC2. The van der Waals surface area contributed by atoms with Gasteiger partial charge in [-0.25, -0.2) is 4.79 Å². The lowest BCUT2D eigenvalue weighted by atomic mass is 10.2. The van der Waals surface area contributed by atoms with Crippen molar-refractivity contribution in [3.63, 3.8) is 0 Å². The highest BCUT2D eigenvalue weighted by Gasteiger charge is 2.19. The highest BCUT2D eigenvalue weighted by Crippen LogP contribution is 2.23. The Morgan fingerprint density at radius 1 is 1.43 bits per heavy atom. The Bertz CT molecular complexity index is 651. The number of aromatic nitrogens is 3. The molecule has 0 aliphatic carbocycles. The summed E-state index contributed by atoms with van der Waals surface area (Å²) in [5.41, 5.74) is 0. The van der Waals surface area contributed by atoms with Crippen molar-refractivity contribution in [1.82, 2.24) is 25.0 Å². The van der Waals surface area contributed by atoms with Gasteiger partial charge in [-0.3, -0.25) is 0 Å². The molecule has 2 aromatic rings. The Balaban J connectivity index is 1.60. The molecule has 0 bridgehead atoms. The van der Waals surface area contributed by atoms with Crippen LogP contribution >= 0.6 is 11.3 Å². The maximum atomic E-state index is 12.4. The van der Waals surface area contributed by atoms with E-state index in [1.54, 1.807) is 16.2 Å². The minimum absolute atomic E-state index is 0.0607. The largest absolute Gasteiger partial charge is 0.331 e. The van der Waals surface area contributed by atoms with Crippen LogP contribution in [0.1, 0.15) is 48.8 Å². The summed E-state index contributed by atoms with van der Waals surface area (Å²) in [7, 11) is 1.82. The Labute approximate surface area is 140 Å². The molecule has 1 aliphatic heterocycles. The van der Waals surface area contributed by atoms with Gasteiger partial charge in [0.2, 0.25) is 0 Å². The van der Waals surface area contributed by atoms with Crippen LogP contribution in [0.5, 0.6) is 0 Å². The van der Waals surface area contributed by atoms with Crippen LogP contribution in [0.15, 0.2) is 17.5 Å². The van der Waals surface area contributed by atoms with Gasteiger partial charge in [-0.15, -0.1) is 21.5 Å². The van der Waals surface area contributed by atoms with Gasteiger partial charge in [0, 0.05) is 24.9 Å². The molecule has 0 fully saturated rings. The van der Waals surface area contributed by atoms with E-state index in [1.165, 1.54) is 17.7 Å². The van der Waals surface area contributed by atoms with Crippen molar-refractivity contribution >= 4 is 17.4 Å². The number of amides is 2. The van der Waals surface area contributed by atoms with E-state index in [4.69, 9.17) is 0 Å². The molecule has 124 valence electrons. The fraction of sp³-hybridized carbons (Fsp3) is 0.562. The quantitative estimate of drug-likeness (QED) is 0.935. The summed E-state index contributed by atoms with van der Waals surface area (Å²) in [5, 5.41) is 13.5. The lowest BCUT2D eigenvalue weighted by Gasteiger charge is -2.24. The number of carbonyl (C=O) groups is 1. The molecule has 1 unspecified atom stereocenters. The van der Waals surface area contributed by atoms with Crippen LogP contribution in [0, 0.1) is 0 Å². The van der Waals surface area contributed by atoms with Crippen molar-refractivity contribution in [2.24, 2.45) is 0 Å². The third kappa shape index (κ3) is 3.55. The maximum absolute atomic E-state index is 12.4. The van der Waals surface area contributed by atoms with Crippen LogP contribution in [0.25, 0.3) is 0 Å². The van der Waals surface area contributed by atoms with Gasteiger partial charge in [-0.2, -0.15) is 0 Å². The van der Waals surface area contributed by atoms with Crippen LogP contribution in [0.2, 0.25) is 0 Å². The molecular formula is C16H23N5OS. The highest BCUT2D eigenvalue weighted by atomic mass is 32.1. The molecule has 7 heteroatoms. The first-order valence-electron chi connectivity index (χ1n) is 8.12. The summed E-state index contributed by atoms with van der Waals surface area (Å²) < 4.78 is 2.16. The summed E-state index contributed by atoms with van der Waals surface area (Å²) in [6, 6.07) is 4.04. The van der Waals surface area contributed by atoms with E-state index in [1.807, 2.05) is 25.4 Å². The molecule has 0 radical (unpaired) electrons. The maximum Gasteiger partial charge on any atom is 0.318 e. The van der Waals surface area contributed by atoms with Gasteiger partial charge in [-0.05, 0) is 31.2 Å². The number of hydrogen-bond donors (Lipinski definition) is 1. The minimum Gasteiger partial charge on any atom is -0.331 e. The van der Waals surface area contributed by atoms with E-state index < -0.39 is 0 Å². The summed E-state index contributed by atoms with van der Waals surface area (Å²) in [6.45, 7) is 3.41. The Morgan fingerprint density at radius 2 is 2.30 bits per heavy atom. The number of hydrogen-bond acceptors (Lipinski definition) is 4. The minimum atomic E-state index is -0.0862. The standard InChI is InChI=1S/C16H23N5OS/c1-12(13-7-6-10-23-13)20(2)16(22)17-11-15-19-18-14-8-4-3-5-9-21(14)15/h6-7,10,12H,3-5,8-9,11H2,1-2H3,(H,17,22). The molecule has 1 atom stereocenters. The number of urea groups is 1. The molecule has 6 nitrogen and oxygen atoms in total. The van der Waals surface area contributed by atoms with Gasteiger partial charge in [0.15, 0.2) is 5.82 Å². The van der Waals surface area contributed by atoms with Crippen LogP contribution in [-0.4, -0.2) is 32.7 Å². The monoisotopic (exact) mass is 333 g/mol. The highest BCUT2D eigenvalue weighted by molar-refractivity contribution is 7.10. The van der Waals surface area contributed by atoms with Crippen LogP contribution < -0.4 is 5.32 Å². The summed E-state index contributed by atoms with van der Waals surface area (Å²) >= 11 is 1.67. The van der Waals surface area contributed by atoms with Gasteiger partial charge in [0.25, 0.3) is 0 Å². The average molecular weight is 333 g/mol. The fourth-order valence-electron chi connectivity index (χ4n) is 2.85. The number of thiophene rings is 1. The van der Waals surface area contributed by atoms with Gasteiger partial charge < -0.3 is 14.8 Å². The first kappa shape index (κ1) is 16.0. The second-order valence-corrected chi connectivity index (χ2v) is 6.94. The van der Waals surface area contributed by atoms with Crippen molar-refractivity contribution in [2.45, 2.75) is 51.7 Å². The van der Waals surface area contributed by atoms with Gasteiger partial charge in [0.05, 0.1) is 12.6 Å². The number of rotatable bonds is 4. The second kappa shape index (κ2) is 7.12. The van der Waals surface area contributed by atoms with Crippen molar-refractivity contribution < 1.29 is 4.79 Å². The van der Waals surface area contributed by atoms with Crippen molar-refractivity contribution in [2.75, 3.05) is 7.05 Å². The topological polar surface area (TPSA) is 63.1 Å². The molecule has 2 aromatic heterocycles. The molecule has 0 saturated carbocycles. The van der Waals surface area contributed by atoms with Gasteiger partial charge in [0.1, 0.15) is 5.82 Å². The van der Waals surface area contributed by atoms with E-state index in [-0.39, 0.29) is 12.1 Å². The van der Waals surface area contributed by atoms with E-state index >= 15 is 0 Å². The van der Waals surface area contributed by atoms with Crippen LogP contribution in [-0.2, 0) is 19.5 Å². The molecule has 0 spiro atoms. The zero-order valence-electron chi connectivity index (χ0n) is 13.7. The molecule has 2 amide bonds. The Kier molecular flexibility index (Phi) is 4.95. The molecule has 0 aromatic carbocycles. The predicted molar refractivity (Wildman–Crippen MR) is 90.3 cm³/mol. The van der Waals surface area contributed by atoms with Crippen molar-refractivity contribution in [1.29, 1.82) is 0 Å². The molecule has 0 saturated heterocycles. The van der Waals surface area contributed by atoms with Gasteiger partial charge in [-0.1, -0.05) is 12.5 Å². The Morgan fingerprint density at radius 3 is 3.09 bits per heavy atom. The first-order valence-corrected chi connectivity index (χ1v) is 9.00. The van der Waals surface area contributed by atoms with Gasteiger partial charge >= 0.3 is 6.03 Å². The van der Waals surface area contributed by atoms with Crippen molar-refractivity contribution in [3.8, 4) is 0 Å². The smallest absolute Gasteiger partial charge is 0.318 e. The predicted octanol–water partition coefficient (Wildman–Crippen LogP) is 2.97. The van der Waals surface area contributed by atoms with E-state index in [2.05, 4.69) is 26.1 Å². The summed E-state index contributed by atoms with van der Waals surface area (Å²) in [6.07, 6.45) is 4.54. The van der Waals surface area contributed by atoms with Crippen LogP contribution in [0.3, 0.4) is 0 Å². The van der Waals surface area contributed by atoms with E-state index in [0.29, 0.717) is 6.54 Å². The lowest BCUT2D eigenvalue weighted by molar-refractivity contribution is 0.194. The molecule has 3 heterocycles.